The van der Waals surface area contributed by atoms with Crippen LogP contribution in [0.2, 0.25) is 10.0 Å². The van der Waals surface area contributed by atoms with Crippen molar-refractivity contribution in [1.82, 2.24) is 15.2 Å². The van der Waals surface area contributed by atoms with E-state index < -0.39 is 0 Å². The Morgan fingerprint density at radius 2 is 1.94 bits per heavy atom. The second-order valence-electron chi connectivity index (χ2n) is 7.10. The first kappa shape index (κ1) is 23.6. The molecule has 0 aliphatic carbocycles. The number of hydrogen-bond acceptors (Lipinski definition) is 4. The minimum atomic E-state index is -0.355. The molecule has 0 fully saturated rings. The zero-order valence-electron chi connectivity index (χ0n) is 17.0. The number of fused-ring (bicyclic) bond motifs is 3. The van der Waals surface area contributed by atoms with Crippen molar-refractivity contribution >= 4 is 52.4 Å². The lowest BCUT2D eigenvalue weighted by molar-refractivity contribution is -0.123. The van der Waals surface area contributed by atoms with Crippen LogP contribution in [0.5, 0.6) is 0 Å². The van der Waals surface area contributed by atoms with Gasteiger partial charge < -0.3 is 26.0 Å². The molecule has 0 spiro atoms. The number of H-pyrrole nitrogens is 1. The number of aromatic nitrogens is 1. The van der Waals surface area contributed by atoms with Crippen molar-refractivity contribution in [3.8, 4) is 0 Å². The Morgan fingerprint density at radius 1 is 1.22 bits per heavy atom. The Hall–Kier alpha value is -3.07. The molecule has 1 aliphatic heterocycles. The lowest BCUT2D eigenvalue weighted by Gasteiger charge is -2.36. The van der Waals surface area contributed by atoms with Crippen LogP contribution in [0.3, 0.4) is 0 Å². The van der Waals surface area contributed by atoms with Crippen molar-refractivity contribution in [1.29, 1.82) is 0 Å². The summed E-state index contributed by atoms with van der Waals surface area (Å²) < 4.78 is 0. The molecule has 1 atom stereocenters. The van der Waals surface area contributed by atoms with Crippen LogP contribution in [-0.2, 0) is 16.0 Å². The first-order valence-corrected chi connectivity index (χ1v) is 10.6. The maximum absolute atomic E-state index is 13.3. The standard InChI is InChI=1S/C21H20Cl2N4O2.CH2O2/c22-13-3-1-2-12(8-13)21(29)27-7-6-15-16-9-14(23)4-5-17(16)26-20(15)18(27)11-25-19(28)10-24;2-1-3/h1-5,8-9,18,26H,6-7,10-11,24H2,(H,25,28);1H,(H,2,3). The highest BCUT2D eigenvalue weighted by Gasteiger charge is 2.34. The average molecular weight is 477 g/mol. The molecule has 1 aromatic heterocycles. The highest BCUT2D eigenvalue weighted by Crippen LogP contribution is 2.36. The molecule has 0 saturated heterocycles. The van der Waals surface area contributed by atoms with E-state index in [0.717, 1.165) is 22.2 Å². The highest BCUT2D eigenvalue weighted by molar-refractivity contribution is 6.31. The van der Waals surface area contributed by atoms with Crippen LogP contribution >= 0.6 is 23.2 Å². The van der Waals surface area contributed by atoms with Gasteiger partial charge in [-0.25, -0.2) is 0 Å². The average Bonchev–Trinajstić information content (AvgIpc) is 3.15. The largest absolute Gasteiger partial charge is 0.483 e. The molecule has 1 aliphatic rings. The van der Waals surface area contributed by atoms with E-state index in [1.807, 2.05) is 18.2 Å². The van der Waals surface area contributed by atoms with E-state index in [1.54, 1.807) is 29.2 Å². The van der Waals surface area contributed by atoms with E-state index >= 15 is 0 Å². The number of carbonyl (C=O) groups excluding carboxylic acids is 2. The monoisotopic (exact) mass is 476 g/mol. The highest BCUT2D eigenvalue weighted by atomic mass is 35.5. The number of benzene rings is 2. The van der Waals surface area contributed by atoms with E-state index in [-0.39, 0.29) is 37.4 Å². The number of amides is 2. The van der Waals surface area contributed by atoms with Crippen molar-refractivity contribution in [3.05, 3.63) is 69.3 Å². The number of aromatic amines is 1. The summed E-state index contributed by atoms with van der Waals surface area (Å²) in [5.41, 5.74) is 8.91. The molecule has 0 bridgehead atoms. The van der Waals surface area contributed by atoms with Crippen molar-refractivity contribution in [3.63, 3.8) is 0 Å². The van der Waals surface area contributed by atoms with Crippen LogP contribution in [0.15, 0.2) is 42.5 Å². The third-order valence-corrected chi connectivity index (χ3v) is 5.69. The fourth-order valence-corrected chi connectivity index (χ4v) is 4.23. The van der Waals surface area contributed by atoms with Gasteiger partial charge in [-0.05, 0) is 48.4 Å². The minimum Gasteiger partial charge on any atom is -0.483 e. The lowest BCUT2D eigenvalue weighted by atomic mass is 9.96. The summed E-state index contributed by atoms with van der Waals surface area (Å²) in [6.45, 7) is 0.418. The number of hydrogen-bond donors (Lipinski definition) is 4. The zero-order valence-corrected chi connectivity index (χ0v) is 18.5. The SMILES string of the molecule is NCC(=O)NCC1c2[nH]c3ccc(Cl)cc3c2CCN1C(=O)c1cccc(Cl)c1.O=CO. The Kier molecular flexibility index (Phi) is 7.74. The summed E-state index contributed by atoms with van der Waals surface area (Å²) in [7, 11) is 0. The maximum atomic E-state index is 13.3. The lowest BCUT2D eigenvalue weighted by Crippen LogP contribution is -2.46. The summed E-state index contributed by atoms with van der Waals surface area (Å²) in [5, 5.41) is 11.9. The summed E-state index contributed by atoms with van der Waals surface area (Å²) in [6, 6.07) is 12.2. The van der Waals surface area contributed by atoms with Crippen molar-refractivity contribution < 1.29 is 19.5 Å². The Balaban J connectivity index is 0.000000913. The third-order valence-electron chi connectivity index (χ3n) is 5.22. The minimum absolute atomic E-state index is 0.107. The van der Waals surface area contributed by atoms with Gasteiger partial charge in [0, 0.05) is 45.3 Å². The van der Waals surface area contributed by atoms with Crippen molar-refractivity contribution in [2.75, 3.05) is 19.6 Å². The van der Waals surface area contributed by atoms with E-state index in [1.165, 1.54) is 0 Å². The van der Waals surface area contributed by atoms with Gasteiger partial charge in [0.1, 0.15) is 0 Å². The molecule has 1 unspecified atom stereocenters. The molecule has 2 heterocycles. The van der Waals surface area contributed by atoms with E-state index in [4.69, 9.17) is 38.8 Å². The number of nitrogens with two attached hydrogens (primary N) is 1. The van der Waals surface area contributed by atoms with Gasteiger partial charge in [-0.3, -0.25) is 14.4 Å². The Labute approximate surface area is 194 Å². The molecule has 0 radical (unpaired) electrons. The predicted molar refractivity (Wildman–Crippen MR) is 123 cm³/mol. The molecule has 0 saturated carbocycles. The van der Waals surface area contributed by atoms with Crippen molar-refractivity contribution in [2.24, 2.45) is 5.73 Å². The zero-order chi connectivity index (χ0) is 23.3. The van der Waals surface area contributed by atoms with Gasteiger partial charge in [0.15, 0.2) is 0 Å². The molecule has 3 aromatic rings. The second-order valence-corrected chi connectivity index (χ2v) is 7.97. The van der Waals surface area contributed by atoms with E-state index in [9.17, 15) is 9.59 Å². The summed E-state index contributed by atoms with van der Waals surface area (Å²) >= 11 is 12.3. The van der Waals surface area contributed by atoms with Crippen LogP contribution in [0.1, 0.15) is 27.7 Å². The van der Waals surface area contributed by atoms with Crippen molar-refractivity contribution in [2.45, 2.75) is 12.5 Å². The quantitative estimate of drug-likeness (QED) is 0.430. The van der Waals surface area contributed by atoms with Gasteiger partial charge in [-0.1, -0.05) is 29.3 Å². The second kappa shape index (κ2) is 10.5. The van der Waals surface area contributed by atoms with Gasteiger partial charge in [0.2, 0.25) is 5.91 Å². The number of nitrogens with zero attached hydrogens (tertiary/aromatic N) is 1. The molecule has 5 N–H and O–H groups in total. The Bertz CT molecular complexity index is 1150. The first-order valence-electron chi connectivity index (χ1n) is 9.80. The normalized spacial score (nSPS) is 14.8. The smallest absolute Gasteiger partial charge is 0.290 e. The number of halogens is 2. The molecular formula is C22H22Cl2N4O4. The fourth-order valence-electron chi connectivity index (χ4n) is 3.86. The van der Waals surface area contributed by atoms with E-state index in [0.29, 0.717) is 28.6 Å². The number of carboxylic acid groups (broad SMARTS) is 1. The summed E-state index contributed by atoms with van der Waals surface area (Å²) in [6.07, 6.45) is 0.684. The van der Waals surface area contributed by atoms with Gasteiger partial charge in [-0.2, -0.15) is 0 Å². The molecule has 32 heavy (non-hydrogen) atoms. The van der Waals surface area contributed by atoms with Gasteiger partial charge in [0.25, 0.3) is 12.4 Å². The van der Waals surface area contributed by atoms with Crippen LogP contribution in [0.25, 0.3) is 10.9 Å². The molecule has 4 rings (SSSR count). The molecular weight excluding hydrogens is 455 g/mol. The van der Waals surface area contributed by atoms with Crippen LogP contribution < -0.4 is 11.1 Å². The number of nitrogens with one attached hydrogen (secondary N) is 2. The van der Waals surface area contributed by atoms with E-state index in [2.05, 4.69) is 10.3 Å². The van der Waals surface area contributed by atoms with Crippen LogP contribution in [-0.4, -0.2) is 52.9 Å². The van der Waals surface area contributed by atoms with Crippen LogP contribution in [0, 0.1) is 0 Å². The molecule has 2 amide bonds. The molecule has 10 heteroatoms. The topological polar surface area (TPSA) is 129 Å². The Morgan fingerprint density at radius 3 is 2.62 bits per heavy atom. The summed E-state index contributed by atoms with van der Waals surface area (Å²) in [4.78, 5) is 38.6. The predicted octanol–water partition coefficient (Wildman–Crippen LogP) is 2.99. The van der Waals surface area contributed by atoms with Crippen LogP contribution in [0.4, 0.5) is 0 Å². The van der Waals surface area contributed by atoms with Gasteiger partial charge in [0.05, 0.1) is 12.6 Å². The molecule has 2 aromatic carbocycles. The number of rotatable bonds is 4. The fraction of sp³-hybridized carbons (Fsp3) is 0.227. The molecule has 8 nitrogen and oxygen atoms in total. The first-order chi connectivity index (χ1) is 15.4. The maximum Gasteiger partial charge on any atom is 0.290 e. The van der Waals surface area contributed by atoms with Gasteiger partial charge >= 0.3 is 0 Å². The molecule has 168 valence electrons. The number of carbonyl (C=O) groups is 3. The third kappa shape index (κ3) is 5.04. The van der Waals surface area contributed by atoms with Gasteiger partial charge in [-0.15, -0.1) is 0 Å². The summed E-state index contributed by atoms with van der Waals surface area (Å²) in [5.74, 6) is -0.409.